The maximum Gasteiger partial charge on any atom is 0.273 e. The average molecular weight is 309 g/mol. The molecule has 1 rings (SSSR count). The lowest BCUT2D eigenvalue weighted by Gasteiger charge is -2.31. The number of amides is 2. The molecule has 0 saturated carbocycles. The highest BCUT2D eigenvalue weighted by Gasteiger charge is 2.30. The molecule has 124 valence electrons. The van der Waals surface area contributed by atoms with E-state index in [2.05, 4.69) is 10.3 Å². The molecule has 0 aromatic carbocycles. The summed E-state index contributed by atoms with van der Waals surface area (Å²) < 4.78 is 5.35. The lowest BCUT2D eigenvalue weighted by Crippen LogP contribution is -2.43. The lowest BCUT2D eigenvalue weighted by molar-refractivity contribution is -0.142. The summed E-state index contributed by atoms with van der Waals surface area (Å²) in [6.07, 6.45) is 1.33. The van der Waals surface area contributed by atoms with E-state index < -0.39 is 5.41 Å². The van der Waals surface area contributed by atoms with Gasteiger partial charge in [-0.2, -0.15) is 0 Å². The van der Waals surface area contributed by atoms with Gasteiger partial charge >= 0.3 is 0 Å². The molecule has 1 N–H and O–H groups in total. The SMILES string of the molecule is CC(C)NC(=O)c1coc(CN(C(=O)C(C)(C)C)C(C)C)n1. The molecule has 0 aliphatic carbocycles. The van der Waals surface area contributed by atoms with Gasteiger partial charge in [0.2, 0.25) is 11.8 Å². The van der Waals surface area contributed by atoms with Gasteiger partial charge in [0.25, 0.3) is 5.91 Å². The predicted molar refractivity (Wildman–Crippen MR) is 84.2 cm³/mol. The Morgan fingerprint density at radius 1 is 1.27 bits per heavy atom. The van der Waals surface area contributed by atoms with Gasteiger partial charge in [0.15, 0.2) is 5.69 Å². The third-order valence-corrected chi connectivity index (χ3v) is 3.04. The van der Waals surface area contributed by atoms with Crippen LogP contribution in [0.2, 0.25) is 0 Å². The second-order valence-corrected chi connectivity index (χ2v) is 7.03. The second-order valence-electron chi connectivity index (χ2n) is 7.03. The Bertz CT molecular complexity index is 527. The molecule has 0 saturated heterocycles. The minimum Gasteiger partial charge on any atom is -0.446 e. The Morgan fingerprint density at radius 2 is 1.86 bits per heavy atom. The van der Waals surface area contributed by atoms with Gasteiger partial charge in [-0.05, 0) is 27.7 Å². The second kappa shape index (κ2) is 6.94. The van der Waals surface area contributed by atoms with E-state index in [0.29, 0.717) is 5.89 Å². The van der Waals surface area contributed by atoms with Crippen LogP contribution in [0.4, 0.5) is 0 Å². The Morgan fingerprint density at radius 3 is 2.32 bits per heavy atom. The molecule has 22 heavy (non-hydrogen) atoms. The molecule has 1 aromatic heterocycles. The minimum atomic E-state index is -0.477. The van der Waals surface area contributed by atoms with Gasteiger partial charge in [0.05, 0.1) is 6.54 Å². The summed E-state index contributed by atoms with van der Waals surface area (Å²) in [5.74, 6) is 0.109. The molecule has 6 heteroatoms. The van der Waals surface area contributed by atoms with Crippen LogP contribution in [-0.2, 0) is 11.3 Å². The minimum absolute atomic E-state index is 0.0200. The van der Waals surface area contributed by atoms with Crippen molar-refractivity contribution in [2.45, 2.75) is 67.1 Å². The summed E-state index contributed by atoms with van der Waals surface area (Å²) in [5, 5.41) is 2.75. The largest absolute Gasteiger partial charge is 0.446 e. The summed E-state index contributed by atoms with van der Waals surface area (Å²) in [6.45, 7) is 13.5. The molecule has 2 amide bonds. The summed E-state index contributed by atoms with van der Waals surface area (Å²) in [7, 11) is 0. The van der Waals surface area contributed by atoms with E-state index in [9.17, 15) is 9.59 Å². The van der Waals surface area contributed by atoms with Crippen LogP contribution >= 0.6 is 0 Å². The van der Waals surface area contributed by atoms with Crippen LogP contribution in [0.1, 0.15) is 64.8 Å². The maximum absolute atomic E-state index is 12.5. The van der Waals surface area contributed by atoms with E-state index in [-0.39, 0.29) is 36.1 Å². The average Bonchev–Trinajstić information content (AvgIpc) is 2.81. The third-order valence-electron chi connectivity index (χ3n) is 3.04. The zero-order chi connectivity index (χ0) is 17.1. The lowest BCUT2D eigenvalue weighted by atomic mass is 9.94. The number of hydrogen-bond donors (Lipinski definition) is 1. The Balaban J connectivity index is 2.86. The standard InChI is InChI=1S/C16H27N3O3/c1-10(2)17-14(20)12-9-22-13(18-12)8-19(11(3)4)15(21)16(5,6)7/h9-11H,8H2,1-7H3,(H,17,20). The van der Waals surface area contributed by atoms with Crippen LogP contribution in [-0.4, -0.2) is 33.8 Å². The molecular formula is C16H27N3O3. The van der Waals surface area contributed by atoms with Crippen LogP contribution < -0.4 is 5.32 Å². The molecule has 0 unspecified atom stereocenters. The van der Waals surface area contributed by atoms with Gasteiger partial charge in [-0.25, -0.2) is 4.98 Å². The molecule has 6 nitrogen and oxygen atoms in total. The highest BCUT2D eigenvalue weighted by Crippen LogP contribution is 2.21. The van der Waals surface area contributed by atoms with Gasteiger partial charge in [-0.3, -0.25) is 9.59 Å². The molecule has 0 spiro atoms. The van der Waals surface area contributed by atoms with Crippen molar-refractivity contribution in [1.29, 1.82) is 0 Å². The number of nitrogens with one attached hydrogen (secondary N) is 1. The van der Waals surface area contributed by atoms with Crippen molar-refractivity contribution in [3.05, 3.63) is 17.8 Å². The van der Waals surface area contributed by atoms with Gasteiger partial charge in [0.1, 0.15) is 6.26 Å². The third kappa shape index (κ3) is 4.86. The molecule has 0 aliphatic heterocycles. The number of oxazole rings is 1. The van der Waals surface area contributed by atoms with Gasteiger partial charge in [-0.15, -0.1) is 0 Å². The van der Waals surface area contributed by atoms with E-state index in [1.165, 1.54) is 6.26 Å². The fourth-order valence-electron chi connectivity index (χ4n) is 1.89. The number of nitrogens with zero attached hydrogens (tertiary/aromatic N) is 2. The number of rotatable bonds is 5. The number of carbonyl (C=O) groups excluding carboxylic acids is 2. The number of hydrogen-bond acceptors (Lipinski definition) is 4. The fourth-order valence-corrected chi connectivity index (χ4v) is 1.89. The Kier molecular flexibility index (Phi) is 5.74. The summed E-state index contributed by atoms with van der Waals surface area (Å²) in [4.78, 5) is 30.2. The molecule has 0 atom stereocenters. The van der Waals surface area contributed by atoms with Crippen LogP contribution in [0.15, 0.2) is 10.7 Å². The van der Waals surface area contributed by atoms with Crippen LogP contribution in [0.25, 0.3) is 0 Å². The number of aromatic nitrogens is 1. The first-order chi connectivity index (χ1) is 10.0. The van der Waals surface area contributed by atoms with Gasteiger partial charge in [0, 0.05) is 17.5 Å². The molecule has 0 bridgehead atoms. The Hall–Kier alpha value is -1.85. The quantitative estimate of drug-likeness (QED) is 0.907. The van der Waals surface area contributed by atoms with E-state index >= 15 is 0 Å². The topological polar surface area (TPSA) is 75.4 Å². The molecule has 0 aliphatic rings. The number of carbonyl (C=O) groups is 2. The van der Waals surface area contributed by atoms with Crippen molar-refractivity contribution in [2.75, 3.05) is 0 Å². The Labute approximate surface area is 132 Å². The molecule has 0 radical (unpaired) electrons. The first kappa shape index (κ1) is 18.2. The summed E-state index contributed by atoms with van der Waals surface area (Å²) in [5.41, 5.74) is -0.245. The highest BCUT2D eigenvalue weighted by atomic mass is 16.3. The zero-order valence-corrected chi connectivity index (χ0v) is 14.6. The van der Waals surface area contributed by atoms with Crippen LogP contribution in [0.5, 0.6) is 0 Å². The molecule has 1 aromatic rings. The predicted octanol–water partition coefficient (Wildman–Crippen LogP) is 2.60. The van der Waals surface area contributed by atoms with Crippen molar-refractivity contribution < 1.29 is 14.0 Å². The van der Waals surface area contributed by atoms with E-state index in [0.717, 1.165) is 0 Å². The first-order valence-corrected chi connectivity index (χ1v) is 7.58. The van der Waals surface area contributed by atoms with E-state index in [1.807, 2.05) is 48.5 Å². The zero-order valence-electron chi connectivity index (χ0n) is 14.6. The van der Waals surface area contributed by atoms with Gasteiger partial charge < -0.3 is 14.6 Å². The van der Waals surface area contributed by atoms with Crippen molar-refractivity contribution in [3.8, 4) is 0 Å². The summed E-state index contributed by atoms with van der Waals surface area (Å²) >= 11 is 0. The van der Waals surface area contributed by atoms with Gasteiger partial charge in [-0.1, -0.05) is 20.8 Å². The fraction of sp³-hybridized carbons (Fsp3) is 0.688. The normalized spacial score (nSPS) is 11.9. The van der Waals surface area contributed by atoms with Crippen molar-refractivity contribution >= 4 is 11.8 Å². The van der Waals surface area contributed by atoms with Crippen molar-refractivity contribution in [3.63, 3.8) is 0 Å². The van der Waals surface area contributed by atoms with Crippen LogP contribution in [0.3, 0.4) is 0 Å². The van der Waals surface area contributed by atoms with E-state index in [1.54, 1.807) is 4.90 Å². The smallest absolute Gasteiger partial charge is 0.273 e. The van der Waals surface area contributed by atoms with E-state index in [4.69, 9.17) is 4.42 Å². The van der Waals surface area contributed by atoms with Crippen LogP contribution in [0, 0.1) is 5.41 Å². The molecule has 0 fully saturated rings. The first-order valence-electron chi connectivity index (χ1n) is 7.58. The highest BCUT2D eigenvalue weighted by molar-refractivity contribution is 5.92. The molecule has 1 heterocycles. The molecular weight excluding hydrogens is 282 g/mol. The monoisotopic (exact) mass is 309 g/mol. The van der Waals surface area contributed by atoms with Crippen molar-refractivity contribution in [1.82, 2.24) is 15.2 Å². The maximum atomic E-state index is 12.5. The van der Waals surface area contributed by atoms with Crippen molar-refractivity contribution in [2.24, 2.45) is 5.41 Å². The summed E-state index contributed by atoms with van der Waals surface area (Å²) in [6, 6.07) is 0.0499.